The van der Waals surface area contributed by atoms with E-state index in [0.29, 0.717) is 62.9 Å². The summed E-state index contributed by atoms with van der Waals surface area (Å²) in [5.41, 5.74) is 5.57. The van der Waals surface area contributed by atoms with Crippen LogP contribution in [-0.2, 0) is 10.8 Å². The number of methoxy groups -OCH3 is 4. The Bertz CT molecular complexity index is 2910. The molecule has 7 aromatic rings. The molecule has 0 saturated carbocycles. The lowest BCUT2D eigenvalue weighted by molar-refractivity contribution is 0.0940. The summed E-state index contributed by atoms with van der Waals surface area (Å²) in [6.45, 7) is 8.08. The number of fused-ring (bicyclic) bond motifs is 1. The highest BCUT2D eigenvalue weighted by atomic mass is 19.1. The number of benzene rings is 6. The van der Waals surface area contributed by atoms with Crippen molar-refractivity contribution in [2.75, 3.05) is 45.6 Å². The van der Waals surface area contributed by atoms with E-state index in [1.165, 1.54) is 33.5 Å². The number of carbonyl (C=O) groups is 3. The molecule has 1 heterocycles. The highest BCUT2D eigenvalue weighted by Crippen LogP contribution is 2.36. The predicted octanol–water partition coefficient (Wildman–Crippen LogP) is 10.1. The second kappa shape index (κ2) is 20.5. The van der Waals surface area contributed by atoms with E-state index in [1.807, 2.05) is 100 Å². The standard InChI is InChI=1S/C27H27FN4O4.C25H24N2O3/c1-27(2,15-29-26(34)24-20-14-18(28)8-11-21(20)31-32-24)17-6-9-19(10-7-17)30-25(33)16-5-12-22(35-3)23(13-16)36-4;1-25(2,16-26)21-12-11-19(15-20(21)17-8-6-5-7-9-17)27-24(28)18-10-13-22(29-3)23(14-18)30-4/h5-14H,15H2,1-4H3,(H,29,34)(H,30,33)(H,31,32);5-15H,1-4H3,(H,27,28). The average Bonchev–Trinajstić information content (AvgIpc) is 3.76. The third-order valence-corrected chi connectivity index (χ3v) is 11.0. The molecule has 0 atom stereocenters. The van der Waals surface area contributed by atoms with E-state index in [2.05, 4.69) is 32.2 Å². The highest BCUT2D eigenvalue weighted by molar-refractivity contribution is 6.06. The second-order valence-corrected chi connectivity index (χ2v) is 16.3. The molecular formula is C52H51FN6O7. The van der Waals surface area contributed by atoms with Crippen molar-refractivity contribution in [3.63, 3.8) is 0 Å². The maximum Gasteiger partial charge on any atom is 0.272 e. The number of aromatic amines is 1. The van der Waals surface area contributed by atoms with Crippen LogP contribution in [0.5, 0.6) is 23.0 Å². The zero-order chi connectivity index (χ0) is 47.6. The summed E-state index contributed by atoms with van der Waals surface area (Å²) in [6, 6.07) is 39.3. The fraction of sp³-hybridized carbons (Fsp3) is 0.212. The molecule has 7 rings (SSSR count). The molecule has 0 aliphatic carbocycles. The normalized spacial score (nSPS) is 11.0. The van der Waals surface area contributed by atoms with E-state index in [-0.39, 0.29) is 17.5 Å². The van der Waals surface area contributed by atoms with Gasteiger partial charge in [-0.05, 0) is 115 Å². The van der Waals surface area contributed by atoms with E-state index in [0.717, 1.165) is 22.3 Å². The number of carbonyl (C=O) groups excluding carboxylic acids is 3. The summed E-state index contributed by atoms with van der Waals surface area (Å²) >= 11 is 0. The van der Waals surface area contributed by atoms with Crippen LogP contribution >= 0.6 is 0 Å². The number of nitrogens with zero attached hydrogens (tertiary/aromatic N) is 2. The van der Waals surface area contributed by atoms with E-state index in [1.54, 1.807) is 49.6 Å². The van der Waals surface area contributed by atoms with Gasteiger partial charge in [0.05, 0.1) is 45.4 Å². The van der Waals surface area contributed by atoms with E-state index in [9.17, 15) is 24.0 Å². The zero-order valence-corrected chi connectivity index (χ0v) is 38.0. The molecule has 0 aliphatic rings. The Kier molecular flexibility index (Phi) is 14.7. The van der Waals surface area contributed by atoms with Gasteiger partial charge in [-0.2, -0.15) is 10.4 Å². The Hall–Kier alpha value is -8.18. The average molecular weight is 891 g/mol. The summed E-state index contributed by atoms with van der Waals surface area (Å²) in [4.78, 5) is 38.2. The first-order valence-corrected chi connectivity index (χ1v) is 20.8. The molecule has 3 amide bonds. The first-order chi connectivity index (χ1) is 31.6. The maximum absolute atomic E-state index is 13.6. The van der Waals surface area contributed by atoms with Gasteiger partial charge in [-0.15, -0.1) is 0 Å². The van der Waals surface area contributed by atoms with Crippen LogP contribution in [0.4, 0.5) is 15.8 Å². The van der Waals surface area contributed by atoms with Crippen molar-refractivity contribution in [3.8, 4) is 40.2 Å². The summed E-state index contributed by atoms with van der Waals surface area (Å²) in [5.74, 6) is 0.692. The molecule has 338 valence electrons. The maximum atomic E-state index is 13.6. The summed E-state index contributed by atoms with van der Waals surface area (Å²) in [5, 5.41) is 25.5. The van der Waals surface area contributed by atoms with Crippen LogP contribution < -0.4 is 34.9 Å². The Morgan fingerprint density at radius 2 is 1.21 bits per heavy atom. The molecule has 0 unspecified atom stereocenters. The lowest BCUT2D eigenvalue weighted by Crippen LogP contribution is -2.36. The molecule has 1 aromatic heterocycles. The topological polar surface area (TPSA) is 177 Å². The van der Waals surface area contributed by atoms with Gasteiger partial charge in [-0.3, -0.25) is 19.5 Å². The molecule has 14 heteroatoms. The van der Waals surface area contributed by atoms with Gasteiger partial charge in [0.1, 0.15) is 5.82 Å². The lowest BCUT2D eigenvalue weighted by Gasteiger charge is -2.26. The van der Waals surface area contributed by atoms with Crippen molar-refractivity contribution in [2.24, 2.45) is 0 Å². The molecule has 13 nitrogen and oxygen atoms in total. The minimum Gasteiger partial charge on any atom is -0.493 e. The number of hydrogen-bond donors (Lipinski definition) is 4. The summed E-state index contributed by atoms with van der Waals surface area (Å²) in [7, 11) is 6.12. The van der Waals surface area contributed by atoms with Gasteiger partial charge in [0.2, 0.25) is 0 Å². The summed E-state index contributed by atoms with van der Waals surface area (Å²) in [6.07, 6.45) is 0. The van der Waals surface area contributed by atoms with Gasteiger partial charge in [-0.25, -0.2) is 4.39 Å². The van der Waals surface area contributed by atoms with Crippen LogP contribution in [0.15, 0.2) is 127 Å². The molecule has 4 N–H and O–H groups in total. The molecule has 0 bridgehead atoms. The third kappa shape index (κ3) is 10.9. The summed E-state index contributed by atoms with van der Waals surface area (Å²) < 4.78 is 34.6. The number of aromatic nitrogens is 2. The van der Waals surface area contributed by atoms with Crippen molar-refractivity contribution < 1.29 is 37.7 Å². The monoisotopic (exact) mass is 890 g/mol. The van der Waals surface area contributed by atoms with E-state index >= 15 is 0 Å². The molecule has 0 spiro atoms. The second-order valence-electron chi connectivity index (χ2n) is 16.3. The molecular weight excluding hydrogens is 840 g/mol. The SMILES string of the molecule is COc1ccc(C(=O)Nc2ccc(C(C)(C)C#N)c(-c3ccccc3)c2)cc1OC.COc1ccc(C(=O)Nc2ccc(C(C)(C)CNC(=O)c3n[nH]c4ccc(F)cc34)cc2)cc1OC. The van der Waals surface area contributed by atoms with Crippen LogP contribution in [0, 0.1) is 17.1 Å². The number of nitriles is 1. The van der Waals surface area contributed by atoms with Crippen LogP contribution in [0.1, 0.15) is 70.0 Å². The van der Waals surface area contributed by atoms with Gasteiger partial charge in [0, 0.05) is 39.8 Å². The van der Waals surface area contributed by atoms with Gasteiger partial charge in [0.25, 0.3) is 17.7 Å². The predicted molar refractivity (Wildman–Crippen MR) is 253 cm³/mol. The van der Waals surface area contributed by atoms with Gasteiger partial charge < -0.3 is 34.9 Å². The van der Waals surface area contributed by atoms with Crippen LogP contribution in [0.25, 0.3) is 22.0 Å². The van der Waals surface area contributed by atoms with Crippen LogP contribution in [0.2, 0.25) is 0 Å². The largest absolute Gasteiger partial charge is 0.493 e. The third-order valence-electron chi connectivity index (χ3n) is 11.0. The molecule has 0 saturated heterocycles. The minimum absolute atomic E-state index is 0.147. The molecule has 0 aliphatic heterocycles. The number of halogens is 1. The number of ether oxygens (including phenoxy) is 4. The number of H-pyrrole nitrogens is 1. The van der Waals surface area contributed by atoms with E-state index < -0.39 is 22.6 Å². The Morgan fingerprint density at radius 1 is 0.652 bits per heavy atom. The number of nitrogens with one attached hydrogen (secondary N) is 4. The van der Waals surface area contributed by atoms with E-state index in [4.69, 9.17) is 18.9 Å². The minimum atomic E-state index is -0.670. The molecule has 6 aromatic carbocycles. The Labute approximate surface area is 382 Å². The van der Waals surface area contributed by atoms with Crippen molar-refractivity contribution in [2.45, 2.75) is 38.5 Å². The molecule has 0 fully saturated rings. The first kappa shape index (κ1) is 47.3. The Morgan fingerprint density at radius 3 is 1.77 bits per heavy atom. The van der Waals surface area contributed by atoms with Crippen molar-refractivity contribution in [1.82, 2.24) is 15.5 Å². The fourth-order valence-corrected chi connectivity index (χ4v) is 7.10. The number of amides is 3. The molecule has 0 radical (unpaired) electrons. The molecule has 66 heavy (non-hydrogen) atoms. The fourth-order valence-electron chi connectivity index (χ4n) is 7.10. The van der Waals surface area contributed by atoms with Crippen molar-refractivity contribution >= 4 is 40.0 Å². The number of anilines is 2. The number of rotatable bonds is 14. The van der Waals surface area contributed by atoms with Gasteiger partial charge in [0.15, 0.2) is 28.7 Å². The first-order valence-electron chi connectivity index (χ1n) is 20.8. The Balaban J connectivity index is 0.000000222. The quantitative estimate of drug-likeness (QED) is 0.0828. The van der Waals surface area contributed by atoms with Crippen molar-refractivity contribution in [1.29, 1.82) is 5.26 Å². The lowest BCUT2D eigenvalue weighted by atomic mass is 9.81. The smallest absolute Gasteiger partial charge is 0.272 e. The van der Waals surface area contributed by atoms with Gasteiger partial charge in [-0.1, -0.05) is 62.4 Å². The van der Waals surface area contributed by atoms with Gasteiger partial charge >= 0.3 is 0 Å². The number of hydrogen-bond acceptors (Lipinski definition) is 9. The highest BCUT2D eigenvalue weighted by Gasteiger charge is 2.26. The van der Waals surface area contributed by atoms with Crippen LogP contribution in [-0.4, -0.2) is 62.9 Å². The zero-order valence-electron chi connectivity index (χ0n) is 38.0. The van der Waals surface area contributed by atoms with Crippen molar-refractivity contribution in [3.05, 3.63) is 161 Å². The van der Waals surface area contributed by atoms with Crippen LogP contribution in [0.3, 0.4) is 0 Å².